The summed E-state index contributed by atoms with van der Waals surface area (Å²) in [4.78, 5) is 11.7. The van der Waals surface area contributed by atoms with Crippen molar-refractivity contribution in [3.8, 4) is 0 Å². The maximum absolute atomic E-state index is 13.7. The summed E-state index contributed by atoms with van der Waals surface area (Å²) in [6.07, 6.45) is 0.842. The summed E-state index contributed by atoms with van der Waals surface area (Å²) < 4.78 is 19.2. The fraction of sp³-hybridized carbons (Fsp3) is 0.417. The number of ether oxygens (including phenoxy) is 1. The van der Waals surface area contributed by atoms with Crippen LogP contribution in [0.25, 0.3) is 0 Å². The molecule has 0 heterocycles. The molecule has 94 valence electrons. The van der Waals surface area contributed by atoms with Crippen molar-refractivity contribution >= 4 is 33.3 Å². The van der Waals surface area contributed by atoms with Gasteiger partial charge in [0.05, 0.1) is 10.6 Å². The fourth-order valence-corrected chi connectivity index (χ4v) is 1.83. The Labute approximate surface area is 113 Å². The monoisotopic (exact) mass is 322 g/mol. The largest absolute Gasteiger partial charge is 0.382 e. The van der Waals surface area contributed by atoms with Gasteiger partial charge < -0.3 is 4.74 Å². The summed E-state index contributed by atoms with van der Waals surface area (Å²) >= 11 is 8.81. The lowest BCUT2D eigenvalue weighted by molar-refractivity contribution is 0.0943. The second kappa shape index (κ2) is 7.09. The molecule has 1 aromatic rings. The van der Waals surface area contributed by atoms with E-state index in [1.54, 1.807) is 6.07 Å². The molecule has 0 aliphatic heterocycles. The van der Waals surface area contributed by atoms with Crippen LogP contribution in [0, 0.1) is 5.82 Å². The molecule has 0 spiro atoms. The Hall–Kier alpha value is -0.450. The number of rotatable bonds is 6. The van der Waals surface area contributed by atoms with Crippen molar-refractivity contribution in [2.75, 3.05) is 13.2 Å². The summed E-state index contributed by atoms with van der Waals surface area (Å²) in [6.45, 7) is 3.01. The Morgan fingerprint density at radius 2 is 2.24 bits per heavy atom. The molecule has 0 aliphatic carbocycles. The van der Waals surface area contributed by atoms with Crippen molar-refractivity contribution in [2.24, 2.45) is 0 Å². The number of benzene rings is 1. The van der Waals surface area contributed by atoms with E-state index >= 15 is 0 Å². The van der Waals surface area contributed by atoms with Crippen molar-refractivity contribution in [1.82, 2.24) is 0 Å². The molecule has 0 saturated heterocycles. The summed E-state index contributed by atoms with van der Waals surface area (Å²) in [5.74, 6) is -0.918. The minimum Gasteiger partial charge on any atom is -0.382 e. The maximum Gasteiger partial charge on any atom is 0.165 e. The topological polar surface area (TPSA) is 26.3 Å². The van der Waals surface area contributed by atoms with E-state index < -0.39 is 5.82 Å². The SMILES string of the molecule is CCOCCCC(=O)c1ccc(Br)c(Cl)c1F. The van der Waals surface area contributed by atoms with Gasteiger partial charge in [0.1, 0.15) is 0 Å². The Kier molecular flexibility index (Phi) is 6.09. The zero-order valence-corrected chi connectivity index (χ0v) is 11.8. The third-order valence-corrected chi connectivity index (χ3v) is 3.49. The molecular weight excluding hydrogens is 310 g/mol. The van der Waals surface area contributed by atoms with Gasteiger partial charge in [-0.15, -0.1) is 0 Å². The van der Waals surface area contributed by atoms with Crippen LogP contribution in [-0.4, -0.2) is 19.0 Å². The van der Waals surface area contributed by atoms with E-state index in [1.165, 1.54) is 6.07 Å². The molecule has 0 radical (unpaired) electrons. The number of carbonyl (C=O) groups excluding carboxylic acids is 1. The standard InChI is InChI=1S/C12H13BrClFO2/c1-2-17-7-3-4-10(16)8-5-6-9(13)11(14)12(8)15/h5-6H,2-4,7H2,1H3. The van der Waals surface area contributed by atoms with Gasteiger partial charge in [0.2, 0.25) is 0 Å². The van der Waals surface area contributed by atoms with Gasteiger partial charge in [0.15, 0.2) is 11.6 Å². The lowest BCUT2D eigenvalue weighted by Gasteiger charge is -2.05. The predicted molar refractivity (Wildman–Crippen MR) is 69.2 cm³/mol. The molecule has 1 aromatic carbocycles. The second-order valence-electron chi connectivity index (χ2n) is 3.45. The summed E-state index contributed by atoms with van der Waals surface area (Å²) in [5.41, 5.74) is 0.0368. The highest BCUT2D eigenvalue weighted by Crippen LogP contribution is 2.28. The highest BCUT2D eigenvalue weighted by atomic mass is 79.9. The van der Waals surface area contributed by atoms with Crippen molar-refractivity contribution in [3.05, 3.63) is 33.0 Å². The first-order valence-corrected chi connectivity index (χ1v) is 6.49. The molecule has 5 heteroatoms. The Morgan fingerprint density at radius 3 is 2.88 bits per heavy atom. The zero-order chi connectivity index (χ0) is 12.8. The molecule has 0 saturated carbocycles. The molecule has 0 fully saturated rings. The first-order valence-electron chi connectivity index (χ1n) is 5.32. The van der Waals surface area contributed by atoms with E-state index in [1.807, 2.05) is 6.92 Å². The van der Waals surface area contributed by atoms with Gasteiger partial charge in [0, 0.05) is 24.1 Å². The highest BCUT2D eigenvalue weighted by Gasteiger charge is 2.15. The van der Waals surface area contributed by atoms with Crippen LogP contribution in [0.2, 0.25) is 5.02 Å². The summed E-state index contributed by atoms with van der Waals surface area (Å²) in [6, 6.07) is 3.01. The molecule has 0 aromatic heterocycles. The van der Waals surface area contributed by atoms with Crippen LogP contribution in [0.4, 0.5) is 4.39 Å². The van der Waals surface area contributed by atoms with Crippen molar-refractivity contribution in [1.29, 1.82) is 0 Å². The number of Topliss-reactive ketones (excluding diaryl/α,β-unsaturated/α-hetero) is 1. The van der Waals surface area contributed by atoms with Crippen LogP contribution in [0.15, 0.2) is 16.6 Å². The maximum atomic E-state index is 13.7. The Balaban J connectivity index is 2.66. The molecule has 1 rings (SSSR count). The molecule has 0 atom stereocenters. The van der Waals surface area contributed by atoms with Crippen LogP contribution >= 0.6 is 27.5 Å². The molecular formula is C12H13BrClFO2. The van der Waals surface area contributed by atoms with E-state index in [0.29, 0.717) is 24.1 Å². The molecule has 0 N–H and O–H groups in total. The summed E-state index contributed by atoms with van der Waals surface area (Å²) in [7, 11) is 0. The van der Waals surface area contributed by atoms with Crippen LogP contribution in [-0.2, 0) is 4.74 Å². The van der Waals surface area contributed by atoms with Crippen molar-refractivity contribution in [3.63, 3.8) is 0 Å². The summed E-state index contributed by atoms with van der Waals surface area (Å²) in [5, 5.41) is -0.0549. The minimum absolute atomic E-state index is 0.0368. The van der Waals surface area contributed by atoms with Gasteiger partial charge in [-0.1, -0.05) is 11.6 Å². The third-order valence-electron chi connectivity index (χ3n) is 2.23. The highest BCUT2D eigenvalue weighted by molar-refractivity contribution is 9.10. The first kappa shape index (κ1) is 14.6. The smallest absolute Gasteiger partial charge is 0.165 e. The second-order valence-corrected chi connectivity index (χ2v) is 4.68. The van der Waals surface area contributed by atoms with Crippen LogP contribution in [0.1, 0.15) is 30.1 Å². The number of carbonyl (C=O) groups is 1. The predicted octanol–water partition coefficient (Wildman–Crippen LogP) is 4.24. The number of ketones is 1. The van der Waals surface area contributed by atoms with Gasteiger partial charge in [0.25, 0.3) is 0 Å². The van der Waals surface area contributed by atoms with Crippen LogP contribution in [0.3, 0.4) is 0 Å². The molecule has 17 heavy (non-hydrogen) atoms. The van der Waals surface area contributed by atoms with E-state index in [2.05, 4.69) is 15.9 Å². The van der Waals surface area contributed by atoms with E-state index in [9.17, 15) is 9.18 Å². The van der Waals surface area contributed by atoms with Crippen molar-refractivity contribution < 1.29 is 13.9 Å². The quantitative estimate of drug-likeness (QED) is 0.444. The van der Waals surface area contributed by atoms with Gasteiger partial charge in [-0.05, 0) is 41.4 Å². The zero-order valence-electron chi connectivity index (χ0n) is 9.43. The normalized spacial score (nSPS) is 10.6. The van der Waals surface area contributed by atoms with Gasteiger partial charge in [-0.2, -0.15) is 0 Å². The molecule has 2 nitrogen and oxygen atoms in total. The Bertz CT molecular complexity index is 410. The number of hydrogen-bond acceptors (Lipinski definition) is 2. The average molecular weight is 324 g/mol. The molecule has 0 bridgehead atoms. The minimum atomic E-state index is -0.664. The van der Waals surface area contributed by atoms with Crippen LogP contribution in [0.5, 0.6) is 0 Å². The molecule has 0 aliphatic rings. The fourth-order valence-electron chi connectivity index (χ4n) is 1.36. The Morgan fingerprint density at radius 1 is 1.53 bits per heavy atom. The van der Waals surface area contributed by atoms with E-state index in [0.717, 1.165) is 0 Å². The van der Waals surface area contributed by atoms with E-state index in [4.69, 9.17) is 16.3 Å². The third kappa shape index (κ3) is 4.05. The lowest BCUT2D eigenvalue weighted by atomic mass is 10.1. The van der Waals surface area contributed by atoms with Gasteiger partial charge >= 0.3 is 0 Å². The molecule has 0 unspecified atom stereocenters. The van der Waals surface area contributed by atoms with Gasteiger partial charge in [-0.3, -0.25) is 4.79 Å². The number of halogens is 3. The van der Waals surface area contributed by atoms with Gasteiger partial charge in [-0.25, -0.2) is 4.39 Å². The van der Waals surface area contributed by atoms with Crippen LogP contribution < -0.4 is 0 Å². The van der Waals surface area contributed by atoms with Crippen molar-refractivity contribution in [2.45, 2.75) is 19.8 Å². The first-order chi connectivity index (χ1) is 8.07. The van der Waals surface area contributed by atoms with E-state index in [-0.39, 0.29) is 22.8 Å². The number of hydrogen-bond donors (Lipinski definition) is 0. The average Bonchev–Trinajstić information content (AvgIpc) is 2.31. The molecule has 0 amide bonds. The lowest BCUT2D eigenvalue weighted by Crippen LogP contribution is -2.05.